The van der Waals surface area contributed by atoms with Gasteiger partial charge in [0.05, 0.1) is 6.33 Å². The molecule has 1 aromatic heterocycles. The molecule has 1 fully saturated rings. The smallest absolute Gasteiger partial charge is 0.223 e. The van der Waals surface area contributed by atoms with E-state index in [-0.39, 0.29) is 5.91 Å². The number of imidazole rings is 1. The second-order valence-corrected chi connectivity index (χ2v) is 6.01. The highest BCUT2D eigenvalue weighted by atomic mass is 16.2. The first-order valence-electron chi connectivity index (χ1n) is 8.34. The Kier molecular flexibility index (Phi) is 4.95. The van der Waals surface area contributed by atoms with Crippen LogP contribution >= 0.6 is 0 Å². The summed E-state index contributed by atoms with van der Waals surface area (Å²) in [6.07, 6.45) is 5.71. The van der Waals surface area contributed by atoms with Gasteiger partial charge < -0.3 is 14.8 Å². The number of para-hydroxylation sites is 1. The highest BCUT2D eigenvalue weighted by Crippen LogP contribution is 2.21. The van der Waals surface area contributed by atoms with Gasteiger partial charge in [0.25, 0.3) is 0 Å². The molecular formula is C18H24N4O. The maximum Gasteiger partial charge on any atom is 0.223 e. The molecule has 0 bridgehead atoms. The van der Waals surface area contributed by atoms with Gasteiger partial charge in [-0.1, -0.05) is 25.1 Å². The van der Waals surface area contributed by atoms with E-state index in [0.717, 1.165) is 38.2 Å². The summed E-state index contributed by atoms with van der Waals surface area (Å²) < 4.78 is 0. The normalized spacial score (nSPS) is 18.2. The lowest BCUT2D eigenvalue weighted by molar-refractivity contribution is -0.134. The number of rotatable bonds is 5. The standard InChI is InChI=1S/C18H24N4O/c1-2-16-13-21(17-6-4-3-5-7-17)10-11-22(16)18(23)9-8-15-12-19-14-20-15/h3-7,12,14,16H,2,8-11,13H2,1H3,(H,19,20). The van der Waals surface area contributed by atoms with Gasteiger partial charge in [-0.2, -0.15) is 0 Å². The summed E-state index contributed by atoms with van der Waals surface area (Å²) in [5.41, 5.74) is 2.27. The minimum atomic E-state index is 0.249. The zero-order valence-corrected chi connectivity index (χ0v) is 13.6. The first kappa shape index (κ1) is 15.6. The average molecular weight is 312 g/mol. The molecular weight excluding hydrogens is 288 g/mol. The molecule has 1 saturated heterocycles. The molecule has 1 unspecified atom stereocenters. The van der Waals surface area contributed by atoms with E-state index < -0.39 is 0 Å². The topological polar surface area (TPSA) is 52.2 Å². The largest absolute Gasteiger partial charge is 0.368 e. The van der Waals surface area contributed by atoms with Crippen molar-refractivity contribution in [2.75, 3.05) is 24.5 Å². The van der Waals surface area contributed by atoms with Gasteiger partial charge in [0.2, 0.25) is 5.91 Å². The van der Waals surface area contributed by atoms with Crippen molar-refractivity contribution in [1.29, 1.82) is 0 Å². The summed E-state index contributed by atoms with van der Waals surface area (Å²) in [5.74, 6) is 0.249. The van der Waals surface area contributed by atoms with Gasteiger partial charge in [0.15, 0.2) is 0 Å². The first-order valence-corrected chi connectivity index (χ1v) is 8.34. The van der Waals surface area contributed by atoms with Gasteiger partial charge in [-0.15, -0.1) is 0 Å². The van der Waals surface area contributed by atoms with Gasteiger partial charge in [-0.25, -0.2) is 4.98 Å². The number of aromatic nitrogens is 2. The molecule has 1 atom stereocenters. The molecule has 5 heteroatoms. The van der Waals surface area contributed by atoms with Crippen molar-refractivity contribution in [3.8, 4) is 0 Å². The minimum Gasteiger partial charge on any atom is -0.368 e. The monoisotopic (exact) mass is 312 g/mol. The van der Waals surface area contributed by atoms with Crippen LogP contribution in [0.5, 0.6) is 0 Å². The number of aryl methyl sites for hydroxylation is 1. The SMILES string of the molecule is CCC1CN(c2ccccc2)CCN1C(=O)CCc1cnc[nH]1. The fourth-order valence-electron chi connectivity index (χ4n) is 3.21. The Morgan fingerprint density at radius 2 is 2.13 bits per heavy atom. The number of anilines is 1. The lowest BCUT2D eigenvalue weighted by Crippen LogP contribution is -2.55. The minimum absolute atomic E-state index is 0.249. The third kappa shape index (κ3) is 3.73. The maximum atomic E-state index is 12.6. The van der Waals surface area contributed by atoms with E-state index in [9.17, 15) is 4.79 Å². The van der Waals surface area contributed by atoms with E-state index in [1.165, 1.54) is 5.69 Å². The molecule has 1 aliphatic rings. The van der Waals surface area contributed by atoms with E-state index in [1.807, 2.05) is 6.07 Å². The predicted molar refractivity (Wildman–Crippen MR) is 91.4 cm³/mol. The zero-order chi connectivity index (χ0) is 16.1. The number of aromatic amines is 1. The van der Waals surface area contributed by atoms with Crippen molar-refractivity contribution in [3.63, 3.8) is 0 Å². The number of nitrogens with zero attached hydrogens (tertiary/aromatic N) is 3. The summed E-state index contributed by atoms with van der Waals surface area (Å²) in [5, 5.41) is 0. The number of hydrogen-bond acceptors (Lipinski definition) is 3. The quantitative estimate of drug-likeness (QED) is 0.923. The zero-order valence-electron chi connectivity index (χ0n) is 13.6. The molecule has 2 heterocycles. The van der Waals surface area contributed by atoms with Crippen molar-refractivity contribution in [1.82, 2.24) is 14.9 Å². The van der Waals surface area contributed by atoms with E-state index in [0.29, 0.717) is 12.5 Å². The molecule has 0 radical (unpaired) electrons. The van der Waals surface area contributed by atoms with Crippen LogP contribution in [0.1, 0.15) is 25.5 Å². The Balaban J connectivity index is 1.59. The van der Waals surface area contributed by atoms with Crippen molar-refractivity contribution in [2.24, 2.45) is 0 Å². The molecule has 1 aromatic carbocycles. The van der Waals surface area contributed by atoms with Gasteiger partial charge in [-0.05, 0) is 25.0 Å². The van der Waals surface area contributed by atoms with Crippen molar-refractivity contribution < 1.29 is 4.79 Å². The summed E-state index contributed by atoms with van der Waals surface area (Å²) in [6.45, 7) is 4.77. The molecule has 122 valence electrons. The first-order chi connectivity index (χ1) is 11.3. The summed E-state index contributed by atoms with van der Waals surface area (Å²) >= 11 is 0. The number of H-pyrrole nitrogens is 1. The van der Waals surface area contributed by atoms with Crippen LogP contribution in [0.2, 0.25) is 0 Å². The van der Waals surface area contributed by atoms with Crippen LogP contribution in [0.4, 0.5) is 5.69 Å². The molecule has 0 aliphatic carbocycles. The number of benzene rings is 1. The predicted octanol–water partition coefficient (Wildman–Crippen LogP) is 2.47. The van der Waals surface area contributed by atoms with E-state index in [2.05, 4.69) is 51.0 Å². The molecule has 1 amide bonds. The Hall–Kier alpha value is -2.30. The highest BCUT2D eigenvalue weighted by Gasteiger charge is 2.29. The van der Waals surface area contributed by atoms with Crippen LogP contribution in [0.3, 0.4) is 0 Å². The lowest BCUT2D eigenvalue weighted by atomic mass is 10.1. The fourth-order valence-corrected chi connectivity index (χ4v) is 3.21. The molecule has 1 aliphatic heterocycles. The van der Waals surface area contributed by atoms with Crippen molar-refractivity contribution in [2.45, 2.75) is 32.2 Å². The Labute approximate surface area is 137 Å². The highest BCUT2D eigenvalue weighted by molar-refractivity contribution is 5.77. The summed E-state index contributed by atoms with van der Waals surface area (Å²) in [6, 6.07) is 10.7. The Morgan fingerprint density at radius 1 is 1.30 bits per heavy atom. The number of amides is 1. The van der Waals surface area contributed by atoms with E-state index in [4.69, 9.17) is 0 Å². The molecule has 2 aromatic rings. The summed E-state index contributed by atoms with van der Waals surface area (Å²) in [7, 11) is 0. The van der Waals surface area contributed by atoms with E-state index in [1.54, 1.807) is 12.5 Å². The molecule has 1 N–H and O–H groups in total. The van der Waals surface area contributed by atoms with Gasteiger partial charge in [0.1, 0.15) is 0 Å². The Bertz CT molecular complexity index is 611. The van der Waals surface area contributed by atoms with Crippen molar-refractivity contribution in [3.05, 3.63) is 48.5 Å². The van der Waals surface area contributed by atoms with Crippen LogP contribution < -0.4 is 4.90 Å². The second kappa shape index (κ2) is 7.31. The van der Waals surface area contributed by atoms with Crippen LogP contribution in [0.15, 0.2) is 42.9 Å². The van der Waals surface area contributed by atoms with Gasteiger partial charge in [0, 0.05) is 49.7 Å². The number of carbonyl (C=O) groups is 1. The van der Waals surface area contributed by atoms with Gasteiger partial charge in [-0.3, -0.25) is 4.79 Å². The fraction of sp³-hybridized carbons (Fsp3) is 0.444. The third-order valence-corrected chi connectivity index (χ3v) is 4.56. The van der Waals surface area contributed by atoms with E-state index >= 15 is 0 Å². The Morgan fingerprint density at radius 3 is 2.83 bits per heavy atom. The number of hydrogen-bond donors (Lipinski definition) is 1. The molecule has 0 saturated carbocycles. The second-order valence-electron chi connectivity index (χ2n) is 6.01. The average Bonchev–Trinajstić information content (AvgIpc) is 3.13. The van der Waals surface area contributed by atoms with Crippen LogP contribution in [-0.2, 0) is 11.2 Å². The number of carbonyl (C=O) groups excluding carboxylic acids is 1. The molecule has 23 heavy (non-hydrogen) atoms. The molecule has 5 nitrogen and oxygen atoms in total. The van der Waals surface area contributed by atoms with Crippen LogP contribution in [0, 0.1) is 0 Å². The van der Waals surface area contributed by atoms with Gasteiger partial charge >= 0.3 is 0 Å². The van der Waals surface area contributed by atoms with Crippen LogP contribution in [0.25, 0.3) is 0 Å². The number of piperazine rings is 1. The number of nitrogens with one attached hydrogen (secondary N) is 1. The maximum absolute atomic E-state index is 12.6. The third-order valence-electron chi connectivity index (χ3n) is 4.56. The van der Waals surface area contributed by atoms with Crippen molar-refractivity contribution >= 4 is 11.6 Å². The molecule has 3 rings (SSSR count). The lowest BCUT2D eigenvalue weighted by Gasteiger charge is -2.42. The molecule has 0 spiro atoms. The summed E-state index contributed by atoms with van der Waals surface area (Å²) in [4.78, 5) is 24.1. The van der Waals surface area contributed by atoms with Crippen LogP contribution in [-0.4, -0.2) is 46.5 Å².